The van der Waals surface area contributed by atoms with E-state index >= 15 is 0 Å². The van der Waals surface area contributed by atoms with E-state index in [2.05, 4.69) is 5.48 Å². The number of rotatable bonds is 4. The third-order valence-electron chi connectivity index (χ3n) is 2.25. The third kappa shape index (κ3) is 2.34. The molecule has 0 spiro atoms. The van der Waals surface area contributed by atoms with Crippen molar-refractivity contribution in [3.05, 3.63) is 22.2 Å². The fourth-order valence-corrected chi connectivity index (χ4v) is 1.63. The highest BCUT2D eigenvalue weighted by Crippen LogP contribution is 2.37. The van der Waals surface area contributed by atoms with E-state index in [1.807, 2.05) is 6.92 Å². The maximum Gasteiger partial charge on any atom is 0.165 e. The fourth-order valence-electron chi connectivity index (χ4n) is 1.42. The molecule has 0 aliphatic rings. The smallest absolute Gasteiger partial charge is 0.165 e. The first-order valence-corrected chi connectivity index (χ1v) is 4.80. The molecule has 2 N–H and O–H groups in total. The summed E-state index contributed by atoms with van der Waals surface area (Å²) in [5.74, 6) is 1.14. The van der Waals surface area contributed by atoms with Crippen molar-refractivity contribution >= 4 is 11.6 Å². The number of hydrogen-bond donors (Lipinski definition) is 2. The van der Waals surface area contributed by atoms with Crippen LogP contribution in [0, 0.1) is 6.92 Å². The van der Waals surface area contributed by atoms with Crippen molar-refractivity contribution in [2.24, 2.45) is 0 Å². The first-order chi connectivity index (χ1) is 7.15. The lowest BCUT2D eigenvalue weighted by Crippen LogP contribution is -2.10. The molecule has 0 unspecified atom stereocenters. The number of benzene rings is 1. The Morgan fingerprint density at radius 1 is 1.40 bits per heavy atom. The highest BCUT2D eigenvalue weighted by atomic mass is 35.5. The fraction of sp³-hybridized carbons (Fsp3) is 0.400. The Labute approximate surface area is 93.7 Å². The second kappa shape index (κ2) is 5.21. The lowest BCUT2D eigenvalue weighted by molar-refractivity contribution is 0.159. The minimum atomic E-state index is 0.256. The third-order valence-corrected chi connectivity index (χ3v) is 2.64. The van der Waals surface area contributed by atoms with Gasteiger partial charge in [-0.05, 0) is 12.5 Å². The SMILES string of the molecule is COc1cc(Cl)c(C)c(CNO)c1OC. The van der Waals surface area contributed by atoms with Crippen LogP contribution in [-0.4, -0.2) is 19.4 Å². The summed E-state index contributed by atoms with van der Waals surface area (Å²) in [6.45, 7) is 2.11. The topological polar surface area (TPSA) is 50.7 Å². The van der Waals surface area contributed by atoms with Crippen molar-refractivity contribution in [2.75, 3.05) is 14.2 Å². The number of halogens is 1. The Bertz CT molecular complexity index is 355. The van der Waals surface area contributed by atoms with E-state index in [-0.39, 0.29) is 6.54 Å². The highest BCUT2D eigenvalue weighted by Gasteiger charge is 2.15. The number of ether oxygens (including phenoxy) is 2. The van der Waals surface area contributed by atoms with Gasteiger partial charge < -0.3 is 14.7 Å². The number of methoxy groups -OCH3 is 2. The molecule has 0 bridgehead atoms. The zero-order valence-corrected chi connectivity index (χ0v) is 9.68. The summed E-state index contributed by atoms with van der Waals surface area (Å²) < 4.78 is 10.4. The van der Waals surface area contributed by atoms with Gasteiger partial charge in [-0.2, -0.15) is 0 Å². The standard InChI is InChI=1S/C10H14ClNO3/c1-6-7(5-12-13)10(15-3)9(14-2)4-8(6)11/h4,12-13H,5H2,1-3H3. The van der Waals surface area contributed by atoms with Crippen LogP contribution in [0.4, 0.5) is 0 Å². The molecule has 1 aromatic rings. The Kier molecular flexibility index (Phi) is 4.20. The molecule has 0 saturated carbocycles. The van der Waals surface area contributed by atoms with E-state index in [4.69, 9.17) is 26.3 Å². The van der Waals surface area contributed by atoms with Crippen molar-refractivity contribution in [1.82, 2.24) is 5.48 Å². The summed E-state index contributed by atoms with van der Waals surface area (Å²) in [5.41, 5.74) is 3.72. The van der Waals surface area contributed by atoms with Gasteiger partial charge in [-0.3, -0.25) is 0 Å². The van der Waals surface area contributed by atoms with Crippen LogP contribution in [0.25, 0.3) is 0 Å². The van der Waals surface area contributed by atoms with E-state index < -0.39 is 0 Å². The van der Waals surface area contributed by atoms with Crippen LogP contribution in [0.1, 0.15) is 11.1 Å². The molecule has 0 radical (unpaired) electrons. The highest BCUT2D eigenvalue weighted by molar-refractivity contribution is 6.31. The molecule has 0 amide bonds. The van der Waals surface area contributed by atoms with Crippen LogP contribution in [0.5, 0.6) is 11.5 Å². The Hall–Kier alpha value is -0.970. The molecule has 0 fully saturated rings. The van der Waals surface area contributed by atoms with Crippen LogP contribution in [0.15, 0.2) is 6.07 Å². The molecule has 0 aliphatic carbocycles. The summed E-state index contributed by atoms with van der Waals surface area (Å²) in [4.78, 5) is 0. The Morgan fingerprint density at radius 3 is 2.53 bits per heavy atom. The van der Waals surface area contributed by atoms with Gasteiger partial charge in [0.05, 0.1) is 14.2 Å². The maximum atomic E-state index is 8.73. The van der Waals surface area contributed by atoms with Crippen molar-refractivity contribution < 1.29 is 14.7 Å². The molecule has 0 atom stereocenters. The first-order valence-electron chi connectivity index (χ1n) is 4.42. The van der Waals surface area contributed by atoms with Crippen LogP contribution in [0.2, 0.25) is 5.02 Å². The summed E-state index contributed by atoms with van der Waals surface area (Å²) in [6.07, 6.45) is 0. The van der Waals surface area contributed by atoms with E-state index in [1.54, 1.807) is 20.3 Å². The normalized spacial score (nSPS) is 10.2. The number of hydroxylamine groups is 1. The van der Waals surface area contributed by atoms with Crippen LogP contribution >= 0.6 is 11.6 Å². The second-order valence-corrected chi connectivity index (χ2v) is 3.44. The van der Waals surface area contributed by atoms with Gasteiger partial charge in [0.15, 0.2) is 11.5 Å². The number of nitrogens with one attached hydrogen (secondary N) is 1. The minimum absolute atomic E-state index is 0.256. The summed E-state index contributed by atoms with van der Waals surface area (Å²) in [6, 6.07) is 1.69. The summed E-state index contributed by atoms with van der Waals surface area (Å²) in [7, 11) is 3.09. The Balaban J connectivity index is 3.35. The second-order valence-electron chi connectivity index (χ2n) is 3.03. The van der Waals surface area contributed by atoms with Crippen LogP contribution < -0.4 is 15.0 Å². The molecular formula is C10H14ClNO3. The van der Waals surface area contributed by atoms with Gasteiger partial charge >= 0.3 is 0 Å². The Morgan fingerprint density at radius 2 is 2.07 bits per heavy atom. The molecule has 15 heavy (non-hydrogen) atoms. The molecular weight excluding hydrogens is 218 g/mol. The van der Waals surface area contributed by atoms with Crippen molar-refractivity contribution in [3.63, 3.8) is 0 Å². The molecule has 1 aromatic carbocycles. The van der Waals surface area contributed by atoms with Gasteiger partial charge in [0, 0.05) is 23.2 Å². The van der Waals surface area contributed by atoms with E-state index in [0.717, 1.165) is 11.1 Å². The molecule has 5 heteroatoms. The van der Waals surface area contributed by atoms with Gasteiger partial charge in [-0.25, -0.2) is 5.48 Å². The lowest BCUT2D eigenvalue weighted by Gasteiger charge is -2.15. The van der Waals surface area contributed by atoms with E-state index in [9.17, 15) is 0 Å². The minimum Gasteiger partial charge on any atom is -0.493 e. The lowest BCUT2D eigenvalue weighted by atomic mass is 10.1. The van der Waals surface area contributed by atoms with Gasteiger partial charge in [-0.15, -0.1) is 0 Å². The van der Waals surface area contributed by atoms with Crippen LogP contribution in [0.3, 0.4) is 0 Å². The predicted octanol–water partition coefficient (Wildman–Crippen LogP) is 2.14. The van der Waals surface area contributed by atoms with Crippen LogP contribution in [-0.2, 0) is 6.54 Å². The zero-order valence-electron chi connectivity index (χ0n) is 8.93. The molecule has 4 nitrogen and oxygen atoms in total. The number of hydrogen-bond acceptors (Lipinski definition) is 4. The summed E-state index contributed by atoms with van der Waals surface area (Å²) in [5, 5.41) is 9.31. The van der Waals surface area contributed by atoms with E-state index in [1.165, 1.54) is 0 Å². The average molecular weight is 232 g/mol. The summed E-state index contributed by atoms with van der Waals surface area (Å²) >= 11 is 6.02. The monoisotopic (exact) mass is 231 g/mol. The van der Waals surface area contributed by atoms with Gasteiger partial charge in [0.25, 0.3) is 0 Å². The maximum absolute atomic E-state index is 8.73. The van der Waals surface area contributed by atoms with E-state index in [0.29, 0.717) is 16.5 Å². The molecule has 84 valence electrons. The molecule has 0 heterocycles. The largest absolute Gasteiger partial charge is 0.493 e. The molecule has 0 saturated heterocycles. The van der Waals surface area contributed by atoms with Gasteiger partial charge in [0.1, 0.15) is 0 Å². The van der Waals surface area contributed by atoms with Crippen molar-refractivity contribution in [3.8, 4) is 11.5 Å². The zero-order chi connectivity index (χ0) is 11.4. The first kappa shape index (κ1) is 12.1. The van der Waals surface area contributed by atoms with Gasteiger partial charge in [-0.1, -0.05) is 11.6 Å². The molecule has 0 aromatic heterocycles. The molecule has 1 rings (SSSR count). The van der Waals surface area contributed by atoms with Crippen molar-refractivity contribution in [1.29, 1.82) is 0 Å². The van der Waals surface area contributed by atoms with Gasteiger partial charge in [0.2, 0.25) is 0 Å². The quantitative estimate of drug-likeness (QED) is 0.780. The molecule has 0 aliphatic heterocycles. The predicted molar refractivity (Wildman–Crippen MR) is 57.9 cm³/mol. The van der Waals surface area contributed by atoms with Crippen molar-refractivity contribution in [2.45, 2.75) is 13.5 Å². The average Bonchev–Trinajstić information content (AvgIpc) is 2.24.